The number of hydrogen-bond acceptors (Lipinski definition) is 3. The van der Waals surface area contributed by atoms with Crippen LogP contribution in [0.15, 0.2) is 42.5 Å². The van der Waals surface area contributed by atoms with Gasteiger partial charge in [-0.3, -0.25) is 0 Å². The second kappa shape index (κ2) is 8.69. The molecule has 1 aromatic heterocycles. The molecule has 0 aliphatic rings. The van der Waals surface area contributed by atoms with E-state index >= 15 is 0 Å². The van der Waals surface area contributed by atoms with Crippen LogP contribution >= 0.6 is 0 Å². The van der Waals surface area contributed by atoms with E-state index in [1.165, 1.54) is 0 Å². The molecule has 3 aromatic rings. The minimum absolute atomic E-state index is 0.203. The Morgan fingerprint density at radius 1 is 1.14 bits per heavy atom. The van der Waals surface area contributed by atoms with Crippen molar-refractivity contribution < 1.29 is 9.53 Å². The number of nitrogen functional groups attached to an aromatic ring is 1. The minimum atomic E-state index is -0.203. The highest BCUT2D eigenvalue weighted by atomic mass is 16.5. The second-order valence-electron chi connectivity index (χ2n) is 6.76. The van der Waals surface area contributed by atoms with Crippen LogP contribution in [0.1, 0.15) is 26.7 Å². The molecule has 0 saturated heterocycles. The maximum atomic E-state index is 12.0. The average molecular weight is 380 g/mol. The van der Waals surface area contributed by atoms with Gasteiger partial charge in [0.25, 0.3) is 0 Å². The standard InChI is InChI=1S/C22H28N4O2/c1-4-11-24-22(27)25-16-8-6-7-15(13-16)21-20(23)18-10-9-17(28-3)14-19(18)26(21)12-5-2/h6-10,13-14H,4-5,11-12,23H2,1-3H3,(H2,24,25,27). The number of urea groups is 1. The SMILES string of the molecule is CCCNC(=O)Nc1cccc(-c2c(N)c3ccc(OC)cc3n2CCC)c1. The Bertz CT molecular complexity index is 978. The number of carbonyl (C=O) groups excluding carboxylic acids is 1. The Balaban J connectivity index is 2.05. The van der Waals surface area contributed by atoms with Gasteiger partial charge < -0.3 is 25.7 Å². The monoisotopic (exact) mass is 380 g/mol. The predicted molar refractivity (Wildman–Crippen MR) is 116 cm³/mol. The molecular formula is C22H28N4O2. The predicted octanol–water partition coefficient (Wildman–Crippen LogP) is 4.84. The number of hydrogen-bond donors (Lipinski definition) is 3. The molecule has 28 heavy (non-hydrogen) atoms. The van der Waals surface area contributed by atoms with Crippen molar-refractivity contribution in [1.82, 2.24) is 9.88 Å². The fraction of sp³-hybridized carbons (Fsp3) is 0.318. The molecular weight excluding hydrogens is 352 g/mol. The summed E-state index contributed by atoms with van der Waals surface area (Å²) in [5, 5.41) is 6.72. The van der Waals surface area contributed by atoms with E-state index in [1.807, 2.05) is 49.4 Å². The lowest BCUT2D eigenvalue weighted by atomic mass is 10.1. The maximum absolute atomic E-state index is 12.0. The Labute approximate surface area is 165 Å². The zero-order valence-electron chi connectivity index (χ0n) is 16.7. The number of fused-ring (bicyclic) bond motifs is 1. The summed E-state index contributed by atoms with van der Waals surface area (Å²) in [6.07, 6.45) is 1.87. The largest absolute Gasteiger partial charge is 0.497 e. The molecule has 0 aliphatic carbocycles. The topological polar surface area (TPSA) is 81.3 Å². The van der Waals surface area contributed by atoms with E-state index in [9.17, 15) is 4.79 Å². The minimum Gasteiger partial charge on any atom is -0.497 e. The van der Waals surface area contributed by atoms with Gasteiger partial charge in [-0.25, -0.2) is 4.79 Å². The molecule has 0 fully saturated rings. The highest BCUT2D eigenvalue weighted by molar-refractivity contribution is 6.02. The van der Waals surface area contributed by atoms with Crippen LogP contribution in [-0.4, -0.2) is 24.3 Å². The molecule has 6 nitrogen and oxygen atoms in total. The van der Waals surface area contributed by atoms with E-state index in [-0.39, 0.29) is 6.03 Å². The Hall–Kier alpha value is -3.15. The molecule has 148 valence electrons. The third-order valence-electron chi connectivity index (χ3n) is 4.69. The van der Waals surface area contributed by atoms with Crippen molar-refractivity contribution in [3.8, 4) is 17.0 Å². The van der Waals surface area contributed by atoms with Crippen LogP contribution in [-0.2, 0) is 6.54 Å². The third kappa shape index (κ3) is 3.91. The lowest BCUT2D eigenvalue weighted by Crippen LogP contribution is -2.29. The van der Waals surface area contributed by atoms with E-state index < -0.39 is 0 Å². The third-order valence-corrected chi connectivity index (χ3v) is 4.69. The summed E-state index contributed by atoms with van der Waals surface area (Å²) in [5.74, 6) is 0.803. The van der Waals surface area contributed by atoms with E-state index in [1.54, 1.807) is 7.11 Å². The number of aromatic nitrogens is 1. The van der Waals surface area contributed by atoms with Gasteiger partial charge in [0, 0.05) is 35.8 Å². The van der Waals surface area contributed by atoms with Gasteiger partial charge >= 0.3 is 6.03 Å². The number of aryl methyl sites for hydroxylation is 1. The van der Waals surface area contributed by atoms with Gasteiger partial charge in [0.15, 0.2) is 0 Å². The Kier molecular flexibility index (Phi) is 6.09. The number of rotatable bonds is 7. The first-order chi connectivity index (χ1) is 13.6. The van der Waals surface area contributed by atoms with E-state index in [0.717, 1.165) is 58.7 Å². The van der Waals surface area contributed by atoms with Crippen LogP contribution in [0.4, 0.5) is 16.2 Å². The number of benzene rings is 2. The molecule has 0 saturated carbocycles. The number of methoxy groups -OCH3 is 1. The van der Waals surface area contributed by atoms with E-state index in [2.05, 4.69) is 22.1 Å². The van der Waals surface area contributed by atoms with Gasteiger partial charge in [0.2, 0.25) is 0 Å². The normalized spacial score (nSPS) is 10.8. The lowest BCUT2D eigenvalue weighted by molar-refractivity contribution is 0.252. The summed E-state index contributed by atoms with van der Waals surface area (Å²) in [6, 6.07) is 13.5. The van der Waals surface area contributed by atoms with Crippen LogP contribution < -0.4 is 21.1 Å². The van der Waals surface area contributed by atoms with Crippen LogP contribution in [0, 0.1) is 0 Å². The van der Waals surface area contributed by atoms with Crippen molar-refractivity contribution >= 4 is 28.3 Å². The first-order valence-corrected chi connectivity index (χ1v) is 9.70. The molecule has 4 N–H and O–H groups in total. The van der Waals surface area contributed by atoms with Crippen molar-refractivity contribution in [3.05, 3.63) is 42.5 Å². The van der Waals surface area contributed by atoms with Gasteiger partial charge in [-0.2, -0.15) is 0 Å². The summed E-state index contributed by atoms with van der Waals surface area (Å²) in [4.78, 5) is 12.0. The molecule has 0 atom stereocenters. The molecule has 2 amide bonds. The van der Waals surface area contributed by atoms with Gasteiger partial charge in [0.1, 0.15) is 5.75 Å². The smallest absolute Gasteiger partial charge is 0.319 e. The quantitative estimate of drug-likeness (QED) is 0.548. The average Bonchev–Trinajstić information content (AvgIpc) is 2.98. The zero-order valence-corrected chi connectivity index (χ0v) is 16.7. The summed E-state index contributed by atoms with van der Waals surface area (Å²) in [7, 11) is 1.66. The van der Waals surface area contributed by atoms with E-state index in [4.69, 9.17) is 10.5 Å². The first kappa shape index (κ1) is 19.6. The van der Waals surface area contributed by atoms with Gasteiger partial charge in [0.05, 0.1) is 24.0 Å². The summed E-state index contributed by atoms with van der Waals surface area (Å²) < 4.78 is 7.62. The number of nitrogens with one attached hydrogen (secondary N) is 2. The molecule has 3 rings (SSSR count). The molecule has 1 heterocycles. The molecule has 0 aliphatic heterocycles. The molecule has 0 unspecified atom stereocenters. The maximum Gasteiger partial charge on any atom is 0.319 e. The second-order valence-corrected chi connectivity index (χ2v) is 6.76. The number of nitrogens with two attached hydrogens (primary N) is 1. The zero-order chi connectivity index (χ0) is 20.1. The van der Waals surface area contributed by atoms with Gasteiger partial charge in [-0.05, 0) is 37.1 Å². The summed E-state index contributed by atoms with van der Waals surface area (Å²) in [5.41, 5.74) is 11.0. The molecule has 6 heteroatoms. The van der Waals surface area contributed by atoms with E-state index in [0.29, 0.717) is 6.54 Å². The number of anilines is 2. The number of nitrogens with zero attached hydrogens (tertiary/aromatic N) is 1. The fourth-order valence-corrected chi connectivity index (χ4v) is 3.41. The number of ether oxygens (including phenoxy) is 1. The fourth-order valence-electron chi connectivity index (χ4n) is 3.41. The number of carbonyl (C=O) groups is 1. The van der Waals surface area contributed by atoms with Crippen LogP contribution in [0.3, 0.4) is 0 Å². The first-order valence-electron chi connectivity index (χ1n) is 9.70. The lowest BCUT2D eigenvalue weighted by Gasteiger charge is -2.13. The van der Waals surface area contributed by atoms with Crippen LogP contribution in [0.25, 0.3) is 22.2 Å². The molecule has 0 spiro atoms. The highest BCUT2D eigenvalue weighted by Crippen LogP contribution is 2.38. The van der Waals surface area contributed by atoms with Crippen LogP contribution in [0.5, 0.6) is 5.75 Å². The summed E-state index contributed by atoms with van der Waals surface area (Å²) >= 11 is 0. The molecule has 2 aromatic carbocycles. The van der Waals surface area contributed by atoms with Crippen molar-refractivity contribution in [2.24, 2.45) is 0 Å². The number of amides is 2. The van der Waals surface area contributed by atoms with Crippen molar-refractivity contribution in [2.45, 2.75) is 33.2 Å². The highest BCUT2D eigenvalue weighted by Gasteiger charge is 2.17. The Morgan fingerprint density at radius 3 is 2.68 bits per heavy atom. The van der Waals surface area contributed by atoms with Crippen molar-refractivity contribution in [1.29, 1.82) is 0 Å². The summed E-state index contributed by atoms with van der Waals surface area (Å²) in [6.45, 7) is 5.64. The molecule has 0 radical (unpaired) electrons. The van der Waals surface area contributed by atoms with Gasteiger partial charge in [-0.15, -0.1) is 0 Å². The van der Waals surface area contributed by atoms with Crippen molar-refractivity contribution in [2.75, 3.05) is 24.7 Å². The molecule has 0 bridgehead atoms. The van der Waals surface area contributed by atoms with Gasteiger partial charge in [-0.1, -0.05) is 26.0 Å². The van der Waals surface area contributed by atoms with Crippen molar-refractivity contribution in [3.63, 3.8) is 0 Å². The Morgan fingerprint density at radius 2 is 1.96 bits per heavy atom. The van der Waals surface area contributed by atoms with Crippen LogP contribution in [0.2, 0.25) is 0 Å².